The molecule has 0 fully saturated rings. The molecule has 0 radical (unpaired) electrons. The number of H-pyrrole nitrogens is 1. The van der Waals surface area contributed by atoms with Crippen molar-refractivity contribution in [1.82, 2.24) is 10.3 Å². The van der Waals surface area contributed by atoms with Gasteiger partial charge in [0.2, 0.25) is 0 Å². The van der Waals surface area contributed by atoms with Crippen LogP contribution in [0.3, 0.4) is 0 Å². The third-order valence-corrected chi connectivity index (χ3v) is 3.21. The number of nitrogens with one attached hydrogen (secondary N) is 2. The van der Waals surface area contributed by atoms with E-state index in [2.05, 4.69) is 10.3 Å². The van der Waals surface area contributed by atoms with E-state index >= 15 is 0 Å². The van der Waals surface area contributed by atoms with Crippen LogP contribution in [0.5, 0.6) is 0 Å². The fourth-order valence-corrected chi connectivity index (χ4v) is 2.25. The zero-order valence-corrected chi connectivity index (χ0v) is 9.62. The molecule has 0 unspecified atom stereocenters. The topological polar surface area (TPSA) is 44.9 Å². The van der Waals surface area contributed by atoms with Gasteiger partial charge in [0.25, 0.3) is 5.91 Å². The number of aromatic nitrogens is 1. The van der Waals surface area contributed by atoms with Crippen LogP contribution in [0.4, 0.5) is 0 Å². The summed E-state index contributed by atoms with van der Waals surface area (Å²) in [5.74, 6) is 0.503. The highest BCUT2D eigenvalue weighted by Gasteiger charge is 2.08. The lowest BCUT2D eigenvalue weighted by molar-refractivity contribution is 0.0949. The number of carbonyl (C=O) groups excluding carboxylic acids is 1. The van der Waals surface area contributed by atoms with E-state index in [0.29, 0.717) is 18.1 Å². The standard InChI is InChI=1S/C10H11ClN2OS/c11-3-1-4-12-10(14)8-6-9-7(13-8)2-5-15-9/h2,5-6,13H,1,3-4H2,(H,12,14). The number of fused-ring (bicyclic) bond motifs is 1. The van der Waals surface area contributed by atoms with Gasteiger partial charge < -0.3 is 10.3 Å². The molecule has 0 spiro atoms. The van der Waals surface area contributed by atoms with E-state index in [0.717, 1.165) is 16.6 Å². The second-order valence-corrected chi connectivity index (χ2v) is 4.51. The summed E-state index contributed by atoms with van der Waals surface area (Å²) in [5.41, 5.74) is 1.63. The van der Waals surface area contributed by atoms with Gasteiger partial charge in [-0.1, -0.05) is 0 Å². The monoisotopic (exact) mass is 242 g/mol. The Balaban J connectivity index is 2.04. The zero-order chi connectivity index (χ0) is 10.7. The number of hydrogen-bond acceptors (Lipinski definition) is 2. The molecule has 0 aromatic carbocycles. The minimum atomic E-state index is -0.0662. The van der Waals surface area contributed by atoms with Crippen LogP contribution in [0.2, 0.25) is 0 Å². The van der Waals surface area contributed by atoms with Crippen molar-refractivity contribution in [2.24, 2.45) is 0 Å². The molecule has 0 aliphatic heterocycles. The molecule has 2 aromatic rings. The first kappa shape index (κ1) is 10.5. The number of hydrogen-bond donors (Lipinski definition) is 2. The van der Waals surface area contributed by atoms with Crippen LogP contribution in [0.1, 0.15) is 16.9 Å². The van der Waals surface area contributed by atoms with Crippen LogP contribution in [-0.4, -0.2) is 23.3 Å². The molecule has 0 aliphatic carbocycles. The van der Waals surface area contributed by atoms with Crippen LogP contribution >= 0.6 is 22.9 Å². The molecule has 15 heavy (non-hydrogen) atoms. The third-order valence-electron chi connectivity index (χ3n) is 2.08. The average molecular weight is 243 g/mol. The van der Waals surface area contributed by atoms with Crippen LogP contribution in [0.25, 0.3) is 10.2 Å². The summed E-state index contributed by atoms with van der Waals surface area (Å²) < 4.78 is 1.11. The van der Waals surface area contributed by atoms with E-state index < -0.39 is 0 Å². The van der Waals surface area contributed by atoms with E-state index in [-0.39, 0.29) is 5.91 Å². The Bertz CT molecular complexity index is 434. The maximum atomic E-state index is 11.6. The van der Waals surface area contributed by atoms with E-state index in [4.69, 9.17) is 11.6 Å². The van der Waals surface area contributed by atoms with Gasteiger partial charge in [-0.25, -0.2) is 0 Å². The third kappa shape index (κ3) is 2.33. The lowest BCUT2D eigenvalue weighted by Crippen LogP contribution is -2.24. The molecule has 0 aliphatic rings. The van der Waals surface area contributed by atoms with Gasteiger partial charge in [0.15, 0.2) is 0 Å². The molecule has 0 bridgehead atoms. The van der Waals surface area contributed by atoms with E-state index in [1.165, 1.54) is 0 Å². The van der Waals surface area contributed by atoms with Crippen molar-refractivity contribution in [2.45, 2.75) is 6.42 Å². The number of halogens is 1. The lowest BCUT2D eigenvalue weighted by atomic mass is 10.4. The van der Waals surface area contributed by atoms with Crippen molar-refractivity contribution in [3.8, 4) is 0 Å². The number of carbonyl (C=O) groups is 1. The number of rotatable bonds is 4. The molecular weight excluding hydrogens is 232 g/mol. The SMILES string of the molecule is O=C(NCCCCl)c1cc2sccc2[nH]1. The number of amides is 1. The number of alkyl halides is 1. The van der Waals surface area contributed by atoms with Gasteiger partial charge in [-0.2, -0.15) is 0 Å². The highest BCUT2D eigenvalue weighted by atomic mass is 35.5. The quantitative estimate of drug-likeness (QED) is 0.628. The molecule has 2 aromatic heterocycles. The van der Waals surface area contributed by atoms with Crippen LogP contribution in [0, 0.1) is 0 Å². The first-order chi connectivity index (χ1) is 7.31. The highest BCUT2D eigenvalue weighted by Crippen LogP contribution is 2.20. The second-order valence-electron chi connectivity index (χ2n) is 3.18. The summed E-state index contributed by atoms with van der Waals surface area (Å²) in [6.45, 7) is 0.620. The Morgan fingerprint density at radius 1 is 1.60 bits per heavy atom. The smallest absolute Gasteiger partial charge is 0.267 e. The summed E-state index contributed by atoms with van der Waals surface area (Å²) in [7, 11) is 0. The van der Waals surface area contributed by atoms with Crippen molar-refractivity contribution in [3.05, 3.63) is 23.2 Å². The molecule has 0 saturated heterocycles. The Labute approximate surface area is 96.4 Å². The predicted molar refractivity (Wildman–Crippen MR) is 63.8 cm³/mol. The van der Waals surface area contributed by atoms with Crippen molar-refractivity contribution in [3.63, 3.8) is 0 Å². The Morgan fingerprint density at radius 2 is 2.47 bits per heavy atom. The molecule has 0 saturated carbocycles. The molecule has 3 nitrogen and oxygen atoms in total. The van der Waals surface area contributed by atoms with Gasteiger partial charge in [0.1, 0.15) is 5.69 Å². The minimum absolute atomic E-state index is 0.0662. The summed E-state index contributed by atoms with van der Waals surface area (Å²) in [4.78, 5) is 14.7. The molecule has 2 heterocycles. The van der Waals surface area contributed by atoms with Gasteiger partial charge in [-0.3, -0.25) is 4.79 Å². The van der Waals surface area contributed by atoms with Crippen molar-refractivity contribution in [1.29, 1.82) is 0 Å². The Hall–Kier alpha value is -1.00. The van der Waals surface area contributed by atoms with Gasteiger partial charge in [0, 0.05) is 12.4 Å². The first-order valence-electron chi connectivity index (χ1n) is 4.71. The molecule has 1 amide bonds. The maximum absolute atomic E-state index is 11.6. The fraction of sp³-hybridized carbons (Fsp3) is 0.300. The Morgan fingerprint density at radius 3 is 3.20 bits per heavy atom. The van der Waals surface area contributed by atoms with Crippen LogP contribution in [0.15, 0.2) is 17.5 Å². The van der Waals surface area contributed by atoms with Crippen molar-refractivity contribution < 1.29 is 4.79 Å². The molecule has 5 heteroatoms. The van der Waals surface area contributed by atoms with Crippen molar-refractivity contribution >= 4 is 39.1 Å². The number of aromatic amines is 1. The van der Waals surface area contributed by atoms with Gasteiger partial charge in [0.05, 0.1) is 10.2 Å². The molecule has 80 valence electrons. The van der Waals surface area contributed by atoms with Gasteiger partial charge in [-0.05, 0) is 23.9 Å². The molecule has 0 atom stereocenters. The molecular formula is C10H11ClN2OS. The summed E-state index contributed by atoms with van der Waals surface area (Å²) in [6.07, 6.45) is 0.794. The predicted octanol–water partition coefficient (Wildman–Crippen LogP) is 2.59. The highest BCUT2D eigenvalue weighted by molar-refractivity contribution is 7.17. The fourth-order valence-electron chi connectivity index (χ4n) is 1.33. The lowest BCUT2D eigenvalue weighted by Gasteiger charge is -2.00. The van der Waals surface area contributed by atoms with E-state index in [1.807, 2.05) is 17.5 Å². The second kappa shape index (κ2) is 4.68. The first-order valence-corrected chi connectivity index (χ1v) is 6.13. The summed E-state index contributed by atoms with van der Waals surface area (Å²) in [5, 5.41) is 4.80. The van der Waals surface area contributed by atoms with Crippen LogP contribution < -0.4 is 5.32 Å². The summed E-state index contributed by atoms with van der Waals surface area (Å²) >= 11 is 7.14. The number of thiophene rings is 1. The van der Waals surface area contributed by atoms with Crippen LogP contribution in [-0.2, 0) is 0 Å². The van der Waals surface area contributed by atoms with Gasteiger partial charge in [-0.15, -0.1) is 22.9 Å². The van der Waals surface area contributed by atoms with E-state index in [1.54, 1.807) is 11.3 Å². The van der Waals surface area contributed by atoms with Crippen molar-refractivity contribution in [2.75, 3.05) is 12.4 Å². The maximum Gasteiger partial charge on any atom is 0.267 e. The summed E-state index contributed by atoms with van der Waals surface area (Å²) in [6, 6.07) is 3.84. The van der Waals surface area contributed by atoms with Gasteiger partial charge >= 0.3 is 0 Å². The molecule has 2 rings (SSSR count). The Kier molecular flexibility index (Phi) is 3.28. The molecule has 2 N–H and O–H groups in total. The van der Waals surface area contributed by atoms with E-state index in [9.17, 15) is 4.79 Å². The minimum Gasteiger partial charge on any atom is -0.351 e. The average Bonchev–Trinajstić information content (AvgIpc) is 2.76. The largest absolute Gasteiger partial charge is 0.351 e. The zero-order valence-electron chi connectivity index (χ0n) is 8.05. The normalized spacial score (nSPS) is 10.7.